The van der Waals surface area contributed by atoms with E-state index in [4.69, 9.17) is 4.98 Å². The van der Waals surface area contributed by atoms with Gasteiger partial charge in [0.05, 0.1) is 22.3 Å². The molecule has 4 aromatic rings. The molecule has 4 rings (SSSR count). The van der Waals surface area contributed by atoms with Crippen molar-refractivity contribution in [3.63, 3.8) is 0 Å². The summed E-state index contributed by atoms with van der Waals surface area (Å²) in [4.78, 5) is 4.72. The van der Waals surface area contributed by atoms with Gasteiger partial charge in [-0.1, -0.05) is 42.5 Å². The van der Waals surface area contributed by atoms with Crippen LogP contribution in [0.25, 0.3) is 28.1 Å². The summed E-state index contributed by atoms with van der Waals surface area (Å²) in [7, 11) is 0. The summed E-state index contributed by atoms with van der Waals surface area (Å²) in [5, 5.41) is 0. The zero-order valence-electron chi connectivity index (χ0n) is 14.9. The lowest BCUT2D eigenvalue weighted by molar-refractivity contribution is -0.137. The maximum absolute atomic E-state index is 12.9. The van der Waals surface area contributed by atoms with Crippen LogP contribution in [0.5, 0.6) is 0 Å². The van der Waals surface area contributed by atoms with Gasteiger partial charge in [0.2, 0.25) is 0 Å². The maximum Gasteiger partial charge on any atom is 0.416 e. The summed E-state index contributed by atoms with van der Waals surface area (Å²) in [6.07, 6.45) is -4.36. The fourth-order valence-electron chi connectivity index (χ4n) is 3.41. The molecule has 0 N–H and O–H groups in total. The Morgan fingerprint density at radius 3 is 2.04 bits per heavy atom. The molecule has 0 aliphatic rings. The van der Waals surface area contributed by atoms with E-state index in [1.165, 1.54) is 12.1 Å². The number of fused-ring (bicyclic) bond motifs is 1. The van der Waals surface area contributed by atoms with E-state index in [-0.39, 0.29) is 0 Å². The standard InChI is InChI=1S/C22H17F3N2/c1-14-6-5-7-15(2)20(14)27-19-9-4-3-8-18(19)26-21(27)16-10-12-17(13-11-16)22(23,24)25/h3-13H,1-2H3. The number of imidazole rings is 1. The maximum atomic E-state index is 12.9. The van der Waals surface area contributed by atoms with E-state index in [1.54, 1.807) is 0 Å². The number of hydrogen-bond donors (Lipinski definition) is 0. The van der Waals surface area contributed by atoms with E-state index >= 15 is 0 Å². The van der Waals surface area contributed by atoms with E-state index in [1.807, 2.05) is 60.9 Å². The van der Waals surface area contributed by atoms with Crippen molar-refractivity contribution in [2.75, 3.05) is 0 Å². The Balaban J connectivity index is 1.99. The third-order valence-electron chi connectivity index (χ3n) is 4.69. The third-order valence-corrected chi connectivity index (χ3v) is 4.69. The third kappa shape index (κ3) is 2.99. The zero-order valence-corrected chi connectivity index (χ0v) is 14.9. The van der Waals surface area contributed by atoms with Gasteiger partial charge in [-0.05, 0) is 49.2 Å². The summed E-state index contributed by atoms with van der Waals surface area (Å²) in [6, 6.07) is 18.9. The molecule has 2 nitrogen and oxygen atoms in total. The molecule has 0 atom stereocenters. The number of aryl methyl sites for hydroxylation is 2. The molecule has 1 heterocycles. The molecule has 27 heavy (non-hydrogen) atoms. The molecule has 0 aliphatic heterocycles. The van der Waals surface area contributed by atoms with Crippen LogP contribution in [0.3, 0.4) is 0 Å². The smallest absolute Gasteiger partial charge is 0.292 e. The fraction of sp³-hybridized carbons (Fsp3) is 0.136. The summed E-state index contributed by atoms with van der Waals surface area (Å²) < 4.78 is 40.8. The molecule has 0 spiro atoms. The van der Waals surface area contributed by atoms with Crippen molar-refractivity contribution in [3.8, 4) is 17.1 Å². The van der Waals surface area contributed by atoms with Crippen molar-refractivity contribution in [2.45, 2.75) is 20.0 Å². The van der Waals surface area contributed by atoms with Gasteiger partial charge in [-0.15, -0.1) is 0 Å². The highest BCUT2D eigenvalue weighted by Gasteiger charge is 2.30. The highest BCUT2D eigenvalue weighted by molar-refractivity contribution is 5.84. The minimum atomic E-state index is -4.36. The van der Waals surface area contributed by atoms with Gasteiger partial charge < -0.3 is 0 Å². The number of alkyl halides is 3. The molecular formula is C22H17F3N2. The Hall–Kier alpha value is -3.08. The monoisotopic (exact) mass is 366 g/mol. The van der Waals surface area contributed by atoms with Crippen LogP contribution in [-0.2, 0) is 6.18 Å². The molecule has 1 aromatic heterocycles. The van der Waals surface area contributed by atoms with Gasteiger partial charge in [0.15, 0.2) is 0 Å². The number of halogens is 3. The molecule has 0 unspecified atom stereocenters. The first-order valence-electron chi connectivity index (χ1n) is 8.58. The van der Waals surface area contributed by atoms with Gasteiger partial charge in [0, 0.05) is 5.56 Å². The number of rotatable bonds is 2. The first kappa shape index (κ1) is 17.3. The molecule has 0 fully saturated rings. The van der Waals surface area contributed by atoms with Crippen LogP contribution in [0.2, 0.25) is 0 Å². The van der Waals surface area contributed by atoms with E-state index < -0.39 is 11.7 Å². The number of nitrogens with zero attached hydrogens (tertiary/aromatic N) is 2. The summed E-state index contributed by atoms with van der Waals surface area (Å²) in [5.74, 6) is 0.627. The lowest BCUT2D eigenvalue weighted by Crippen LogP contribution is -2.05. The summed E-state index contributed by atoms with van der Waals surface area (Å²) in [5.41, 5.74) is 4.85. The normalized spacial score (nSPS) is 11.9. The van der Waals surface area contributed by atoms with Crippen molar-refractivity contribution >= 4 is 11.0 Å². The van der Waals surface area contributed by atoms with E-state index in [2.05, 4.69) is 0 Å². The van der Waals surface area contributed by atoms with Crippen LogP contribution in [0.4, 0.5) is 13.2 Å². The van der Waals surface area contributed by atoms with Crippen molar-refractivity contribution in [1.29, 1.82) is 0 Å². The average Bonchev–Trinajstić information content (AvgIpc) is 3.00. The van der Waals surface area contributed by atoms with Crippen LogP contribution < -0.4 is 0 Å². The zero-order chi connectivity index (χ0) is 19.2. The highest BCUT2D eigenvalue weighted by atomic mass is 19.4. The second-order valence-corrected chi connectivity index (χ2v) is 6.58. The minimum Gasteiger partial charge on any atom is -0.292 e. The van der Waals surface area contributed by atoms with E-state index in [0.717, 1.165) is 40.0 Å². The van der Waals surface area contributed by atoms with Gasteiger partial charge in [0.25, 0.3) is 0 Å². The molecule has 3 aromatic carbocycles. The number of aromatic nitrogens is 2. The Bertz CT molecular complexity index is 1100. The molecule has 0 saturated carbocycles. The molecule has 0 amide bonds. The Morgan fingerprint density at radius 2 is 1.41 bits per heavy atom. The SMILES string of the molecule is Cc1cccc(C)c1-n1c(-c2ccc(C(F)(F)F)cc2)nc2ccccc21. The van der Waals surface area contributed by atoms with E-state index in [9.17, 15) is 13.2 Å². The predicted molar refractivity (Wildman–Crippen MR) is 101 cm³/mol. The lowest BCUT2D eigenvalue weighted by Gasteiger charge is -2.15. The van der Waals surface area contributed by atoms with Gasteiger partial charge in [-0.2, -0.15) is 13.2 Å². The molecule has 0 bridgehead atoms. The van der Waals surface area contributed by atoms with Gasteiger partial charge in [-0.3, -0.25) is 4.57 Å². The Labute approximate surface area is 154 Å². The summed E-state index contributed by atoms with van der Waals surface area (Å²) in [6.45, 7) is 4.04. The number of hydrogen-bond acceptors (Lipinski definition) is 1. The van der Waals surface area contributed by atoms with Crippen LogP contribution in [-0.4, -0.2) is 9.55 Å². The summed E-state index contributed by atoms with van der Waals surface area (Å²) >= 11 is 0. The second-order valence-electron chi connectivity index (χ2n) is 6.58. The second kappa shape index (κ2) is 6.27. The molecule has 136 valence electrons. The van der Waals surface area contributed by atoms with Crippen LogP contribution >= 0.6 is 0 Å². The first-order chi connectivity index (χ1) is 12.9. The van der Waals surface area contributed by atoms with Crippen LogP contribution in [0.1, 0.15) is 16.7 Å². The fourth-order valence-corrected chi connectivity index (χ4v) is 3.41. The molecule has 5 heteroatoms. The highest BCUT2D eigenvalue weighted by Crippen LogP contribution is 2.34. The van der Waals surface area contributed by atoms with Gasteiger partial charge in [-0.25, -0.2) is 4.98 Å². The number of benzene rings is 3. The van der Waals surface area contributed by atoms with Crippen molar-refractivity contribution in [2.24, 2.45) is 0 Å². The molecular weight excluding hydrogens is 349 g/mol. The van der Waals surface area contributed by atoms with Crippen molar-refractivity contribution in [3.05, 3.63) is 83.4 Å². The number of para-hydroxylation sites is 3. The topological polar surface area (TPSA) is 17.8 Å². The van der Waals surface area contributed by atoms with Crippen LogP contribution in [0.15, 0.2) is 66.7 Å². The first-order valence-corrected chi connectivity index (χ1v) is 8.58. The molecule has 0 aliphatic carbocycles. The van der Waals surface area contributed by atoms with Gasteiger partial charge in [0.1, 0.15) is 5.82 Å². The predicted octanol–water partition coefficient (Wildman–Crippen LogP) is 6.33. The average molecular weight is 366 g/mol. The Kier molecular flexibility index (Phi) is 4.02. The largest absolute Gasteiger partial charge is 0.416 e. The van der Waals surface area contributed by atoms with Crippen molar-refractivity contribution in [1.82, 2.24) is 9.55 Å². The van der Waals surface area contributed by atoms with E-state index in [0.29, 0.717) is 11.4 Å². The molecule has 0 radical (unpaired) electrons. The molecule has 0 saturated heterocycles. The van der Waals surface area contributed by atoms with Crippen LogP contribution in [0, 0.1) is 13.8 Å². The van der Waals surface area contributed by atoms with Gasteiger partial charge >= 0.3 is 6.18 Å². The van der Waals surface area contributed by atoms with Crippen molar-refractivity contribution < 1.29 is 13.2 Å². The lowest BCUT2D eigenvalue weighted by atomic mass is 10.1. The Morgan fingerprint density at radius 1 is 0.778 bits per heavy atom. The minimum absolute atomic E-state index is 0.627. The quantitative estimate of drug-likeness (QED) is 0.405.